The Morgan fingerprint density at radius 3 is 2.06 bits per heavy atom. The summed E-state index contributed by atoms with van der Waals surface area (Å²) in [6.07, 6.45) is 1.83. The molecule has 0 aliphatic carbocycles. The second-order valence-corrected chi connectivity index (χ2v) is 8.39. The van der Waals surface area contributed by atoms with Gasteiger partial charge in [0.1, 0.15) is 11.5 Å². The van der Waals surface area contributed by atoms with Gasteiger partial charge in [0, 0.05) is 25.2 Å². The van der Waals surface area contributed by atoms with Crippen molar-refractivity contribution in [3.63, 3.8) is 0 Å². The Hall–Kier alpha value is -3.06. The summed E-state index contributed by atoms with van der Waals surface area (Å²) in [5.41, 5.74) is 1.24. The maximum Gasteiger partial charge on any atom is 0.254 e. The zero-order chi connectivity index (χ0) is 22.6. The lowest BCUT2D eigenvalue weighted by atomic mass is 9.88. The average molecular weight is 439 g/mol. The van der Waals surface area contributed by atoms with Gasteiger partial charge in [0.25, 0.3) is 5.91 Å². The molecule has 2 aromatic carbocycles. The van der Waals surface area contributed by atoms with Crippen LogP contribution in [-0.4, -0.2) is 74.2 Å². The molecule has 0 aromatic heterocycles. The number of carbonyl (C=O) groups is 2. The third-order valence-corrected chi connectivity index (χ3v) is 6.41. The molecule has 0 radical (unpaired) electrons. The Morgan fingerprint density at radius 1 is 0.875 bits per heavy atom. The van der Waals surface area contributed by atoms with Crippen LogP contribution in [0.3, 0.4) is 0 Å². The van der Waals surface area contributed by atoms with Gasteiger partial charge in [0.2, 0.25) is 5.91 Å². The van der Waals surface area contributed by atoms with Crippen molar-refractivity contribution in [2.45, 2.75) is 24.9 Å². The largest absolute Gasteiger partial charge is 0.497 e. The zero-order valence-corrected chi connectivity index (χ0v) is 18.7. The Bertz CT molecular complexity index is 934. The molecule has 2 fully saturated rings. The SMILES string of the molecule is COc1ccc(CC(=O)N2CCC3(CC2)CN(C(=O)c2ccc(OC)cc2)CCO3)cc1. The maximum absolute atomic E-state index is 13.0. The van der Waals surface area contributed by atoms with Crippen LogP contribution >= 0.6 is 0 Å². The number of likely N-dealkylation sites (tertiary alicyclic amines) is 1. The highest BCUT2D eigenvalue weighted by molar-refractivity contribution is 5.94. The molecule has 0 saturated carbocycles. The number of hydrogen-bond donors (Lipinski definition) is 0. The van der Waals surface area contributed by atoms with Gasteiger partial charge in [0.15, 0.2) is 0 Å². The summed E-state index contributed by atoms with van der Waals surface area (Å²) in [5, 5.41) is 0. The standard InChI is InChI=1S/C25H30N2O5/c1-30-21-7-3-19(4-8-21)17-23(28)26-13-11-25(12-14-26)18-27(15-16-32-25)24(29)20-5-9-22(31-2)10-6-20/h3-10H,11-18H2,1-2H3. The predicted octanol–water partition coefficient (Wildman–Crippen LogP) is 2.78. The molecule has 7 nitrogen and oxygen atoms in total. The van der Waals surface area contributed by atoms with Gasteiger partial charge in [-0.1, -0.05) is 12.1 Å². The third-order valence-electron chi connectivity index (χ3n) is 6.41. The molecule has 2 amide bonds. The minimum Gasteiger partial charge on any atom is -0.497 e. The molecule has 2 heterocycles. The molecule has 2 aromatic rings. The first kappa shape index (κ1) is 22.1. The van der Waals surface area contributed by atoms with Crippen LogP contribution in [-0.2, 0) is 16.0 Å². The summed E-state index contributed by atoms with van der Waals surface area (Å²) in [4.78, 5) is 29.6. The van der Waals surface area contributed by atoms with Crippen LogP contribution in [0.25, 0.3) is 0 Å². The number of nitrogens with zero attached hydrogens (tertiary/aromatic N) is 2. The molecule has 2 aliphatic rings. The summed E-state index contributed by atoms with van der Waals surface area (Å²) < 4.78 is 16.5. The van der Waals surface area contributed by atoms with Gasteiger partial charge < -0.3 is 24.0 Å². The molecule has 2 aliphatic heterocycles. The first-order chi connectivity index (χ1) is 15.5. The van der Waals surface area contributed by atoms with E-state index < -0.39 is 0 Å². The van der Waals surface area contributed by atoms with Crippen LogP contribution in [0, 0.1) is 0 Å². The van der Waals surface area contributed by atoms with Gasteiger partial charge in [-0.25, -0.2) is 0 Å². The van der Waals surface area contributed by atoms with Gasteiger partial charge in [0.05, 0.1) is 39.4 Å². The first-order valence-electron chi connectivity index (χ1n) is 11.0. The van der Waals surface area contributed by atoms with Crippen molar-refractivity contribution in [3.05, 3.63) is 59.7 Å². The van der Waals surface area contributed by atoms with Crippen molar-refractivity contribution in [1.82, 2.24) is 9.80 Å². The fourth-order valence-electron chi connectivity index (χ4n) is 4.43. The van der Waals surface area contributed by atoms with Gasteiger partial charge in [-0.15, -0.1) is 0 Å². The molecular weight excluding hydrogens is 408 g/mol. The number of piperidine rings is 1. The first-order valence-corrected chi connectivity index (χ1v) is 11.0. The van der Waals surface area contributed by atoms with Crippen molar-refractivity contribution < 1.29 is 23.8 Å². The number of benzene rings is 2. The Labute approximate surface area is 188 Å². The predicted molar refractivity (Wildman–Crippen MR) is 120 cm³/mol. The lowest BCUT2D eigenvalue weighted by Crippen LogP contribution is -2.58. The molecule has 2 saturated heterocycles. The lowest BCUT2D eigenvalue weighted by molar-refractivity contribution is -0.146. The fourth-order valence-corrected chi connectivity index (χ4v) is 4.43. The number of ether oxygens (including phenoxy) is 3. The quantitative estimate of drug-likeness (QED) is 0.718. The van der Waals surface area contributed by atoms with E-state index in [1.54, 1.807) is 38.5 Å². The molecule has 32 heavy (non-hydrogen) atoms. The minimum atomic E-state index is -0.378. The van der Waals surface area contributed by atoms with E-state index in [0.29, 0.717) is 44.8 Å². The molecule has 7 heteroatoms. The summed E-state index contributed by atoms with van der Waals surface area (Å²) in [5.74, 6) is 1.64. The van der Waals surface area contributed by atoms with E-state index in [1.807, 2.05) is 34.1 Å². The lowest BCUT2D eigenvalue weighted by Gasteiger charge is -2.47. The number of amides is 2. The summed E-state index contributed by atoms with van der Waals surface area (Å²) in [6, 6.07) is 14.8. The molecule has 0 bridgehead atoms. The number of rotatable bonds is 5. The normalized spacial score (nSPS) is 17.8. The Balaban J connectivity index is 1.33. The molecule has 0 unspecified atom stereocenters. The van der Waals surface area contributed by atoms with Crippen molar-refractivity contribution in [2.75, 3.05) is 47.0 Å². The van der Waals surface area contributed by atoms with Gasteiger partial charge >= 0.3 is 0 Å². The summed E-state index contributed by atoms with van der Waals surface area (Å²) in [7, 11) is 3.24. The minimum absolute atomic E-state index is 0.00772. The highest BCUT2D eigenvalue weighted by Crippen LogP contribution is 2.31. The van der Waals surface area contributed by atoms with Gasteiger partial charge in [-0.05, 0) is 54.8 Å². The number of hydrogen-bond acceptors (Lipinski definition) is 5. The van der Waals surface area contributed by atoms with Crippen molar-refractivity contribution in [3.8, 4) is 11.5 Å². The second kappa shape index (κ2) is 9.61. The molecule has 170 valence electrons. The molecular formula is C25H30N2O5. The second-order valence-electron chi connectivity index (χ2n) is 8.39. The van der Waals surface area contributed by atoms with Crippen molar-refractivity contribution in [2.24, 2.45) is 0 Å². The Morgan fingerprint density at radius 2 is 1.47 bits per heavy atom. The number of morpholine rings is 1. The van der Waals surface area contributed by atoms with Crippen molar-refractivity contribution in [1.29, 1.82) is 0 Å². The highest BCUT2D eigenvalue weighted by atomic mass is 16.5. The summed E-state index contributed by atoms with van der Waals surface area (Å²) in [6.45, 7) is 2.92. The van der Waals surface area contributed by atoms with E-state index in [0.717, 1.165) is 29.9 Å². The van der Waals surface area contributed by atoms with Crippen LogP contribution in [0.5, 0.6) is 11.5 Å². The van der Waals surface area contributed by atoms with Gasteiger partial charge in [-0.3, -0.25) is 9.59 Å². The number of carbonyl (C=O) groups excluding carboxylic acids is 2. The molecule has 0 N–H and O–H groups in total. The van der Waals surface area contributed by atoms with E-state index in [9.17, 15) is 9.59 Å². The zero-order valence-electron chi connectivity index (χ0n) is 18.7. The molecule has 1 spiro atoms. The fraction of sp³-hybridized carbons (Fsp3) is 0.440. The maximum atomic E-state index is 13.0. The molecule has 0 atom stereocenters. The smallest absolute Gasteiger partial charge is 0.254 e. The topological polar surface area (TPSA) is 68.3 Å². The van der Waals surface area contributed by atoms with E-state index in [4.69, 9.17) is 14.2 Å². The Kier molecular flexibility index (Phi) is 6.65. The third kappa shape index (κ3) is 4.88. The van der Waals surface area contributed by atoms with Crippen molar-refractivity contribution >= 4 is 11.8 Å². The monoisotopic (exact) mass is 438 g/mol. The van der Waals surface area contributed by atoms with Crippen LogP contribution < -0.4 is 9.47 Å². The van der Waals surface area contributed by atoms with Gasteiger partial charge in [-0.2, -0.15) is 0 Å². The highest BCUT2D eigenvalue weighted by Gasteiger charge is 2.41. The molecule has 4 rings (SSSR count). The van der Waals surface area contributed by atoms with E-state index in [1.165, 1.54) is 0 Å². The van der Waals surface area contributed by atoms with Crippen LogP contribution in [0.4, 0.5) is 0 Å². The summed E-state index contributed by atoms with van der Waals surface area (Å²) >= 11 is 0. The van der Waals surface area contributed by atoms with Crippen LogP contribution in [0.2, 0.25) is 0 Å². The van der Waals surface area contributed by atoms with Crippen LogP contribution in [0.15, 0.2) is 48.5 Å². The van der Waals surface area contributed by atoms with E-state index >= 15 is 0 Å². The number of methoxy groups -OCH3 is 2. The van der Waals surface area contributed by atoms with E-state index in [2.05, 4.69) is 0 Å². The average Bonchev–Trinajstić information content (AvgIpc) is 2.84. The van der Waals surface area contributed by atoms with Crippen LogP contribution in [0.1, 0.15) is 28.8 Å². The van der Waals surface area contributed by atoms with E-state index in [-0.39, 0.29) is 17.4 Å².